The first-order valence-electron chi connectivity index (χ1n) is 5.97. The van der Waals surface area contributed by atoms with Crippen LogP contribution >= 0.6 is 0 Å². The van der Waals surface area contributed by atoms with Crippen LogP contribution in [0.2, 0.25) is 0 Å². The normalized spacial score (nSPS) is 19.9. The Hall–Kier alpha value is -0.570. The molecule has 1 atom stereocenters. The highest BCUT2D eigenvalue weighted by molar-refractivity contribution is 5.65. The van der Waals surface area contributed by atoms with Gasteiger partial charge in [0.05, 0.1) is 6.61 Å². The number of rotatable bonds is 5. The molecule has 0 bridgehead atoms. The van der Waals surface area contributed by atoms with Gasteiger partial charge in [-0.15, -0.1) is 0 Å². The molecule has 0 heterocycles. The largest absolute Gasteiger partial charge is 0.436 e. The summed E-state index contributed by atoms with van der Waals surface area (Å²) in [5.41, 5.74) is 0. The van der Waals surface area contributed by atoms with Crippen molar-refractivity contribution < 1.29 is 14.3 Å². The second-order valence-corrected chi connectivity index (χ2v) is 4.34. The summed E-state index contributed by atoms with van der Waals surface area (Å²) in [5, 5.41) is 0. The fraction of sp³-hybridized carbons (Fsp3) is 0.917. The third-order valence-electron chi connectivity index (χ3n) is 2.94. The first-order chi connectivity index (χ1) is 7.18. The Morgan fingerprint density at radius 3 is 2.60 bits per heavy atom. The molecule has 0 aliphatic heterocycles. The van der Waals surface area contributed by atoms with Gasteiger partial charge in [-0.1, -0.05) is 32.1 Å². The van der Waals surface area contributed by atoms with E-state index in [9.17, 15) is 4.79 Å². The van der Waals surface area contributed by atoms with Gasteiger partial charge in [0.2, 0.25) is 0 Å². The van der Waals surface area contributed by atoms with Gasteiger partial charge in [0.1, 0.15) is 0 Å². The van der Waals surface area contributed by atoms with Gasteiger partial charge in [-0.3, -0.25) is 4.79 Å². The molecule has 0 aromatic carbocycles. The van der Waals surface area contributed by atoms with Crippen LogP contribution in [-0.4, -0.2) is 18.9 Å². The zero-order valence-corrected chi connectivity index (χ0v) is 9.83. The van der Waals surface area contributed by atoms with Gasteiger partial charge in [-0.2, -0.15) is 0 Å². The third kappa shape index (κ3) is 5.78. The van der Waals surface area contributed by atoms with Crippen LogP contribution in [0, 0.1) is 5.92 Å². The maximum absolute atomic E-state index is 10.6. The molecule has 1 unspecified atom stereocenters. The Bertz CT molecular complexity index is 185. The summed E-state index contributed by atoms with van der Waals surface area (Å²) in [6, 6.07) is 0. The molecule has 3 nitrogen and oxygen atoms in total. The molecule has 3 heteroatoms. The number of ether oxygens (including phenoxy) is 2. The minimum Gasteiger partial charge on any atom is -0.436 e. The van der Waals surface area contributed by atoms with E-state index in [0.717, 1.165) is 12.3 Å². The number of carbonyl (C=O) groups is 1. The van der Waals surface area contributed by atoms with Crippen LogP contribution in [0.4, 0.5) is 0 Å². The second kappa shape index (κ2) is 6.83. The van der Waals surface area contributed by atoms with E-state index in [-0.39, 0.29) is 5.97 Å². The number of hydrogen-bond donors (Lipinski definition) is 0. The topological polar surface area (TPSA) is 35.5 Å². The summed E-state index contributed by atoms with van der Waals surface area (Å²) in [6.07, 6.45) is 7.50. The van der Waals surface area contributed by atoms with Crippen LogP contribution < -0.4 is 0 Å². The molecule has 0 N–H and O–H groups in total. The lowest BCUT2D eigenvalue weighted by Crippen LogP contribution is -2.18. The predicted molar refractivity (Wildman–Crippen MR) is 58.4 cm³/mol. The first-order valence-corrected chi connectivity index (χ1v) is 5.97. The molecule has 1 aliphatic rings. The Morgan fingerprint density at radius 1 is 1.33 bits per heavy atom. The molecule has 0 aromatic rings. The summed E-state index contributed by atoms with van der Waals surface area (Å²) in [7, 11) is 0. The maximum Gasteiger partial charge on any atom is 0.304 e. The smallest absolute Gasteiger partial charge is 0.304 e. The van der Waals surface area contributed by atoms with Crippen molar-refractivity contribution in [3.8, 4) is 0 Å². The average molecular weight is 214 g/mol. The maximum atomic E-state index is 10.6. The zero-order valence-electron chi connectivity index (χ0n) is 9.83. The molecule has 15 heavy (non-hydrogen) atoms. The van der Waals surface area contributed by atoms with E-state index in [1.807, 2.05) is 0 Å². The van der Waals surface area contributed by atoms with E-state index in [1.165, 1.54) is 39.0 Å². The summed E-state index contributed by atoms with van der Waals surface area (Å²) in [4.78, 5) is 10.6. The van der Waals surface area contributed by atoms with E-state index < -0.39 is 6.29 Å². The zero-order chi connectivity index (χ0) is 11.1. The molecule has 0 aromatic heterocycles. The van der Waals surface area contributed by atoms with Crippen molar-refractivity contribution in [1.29, 1.82) is 0 Å². The summed E-state index contributed by atoms with van der Waals surface area (Å²) in [5.74, 6) is 0.545. The lowest BCUT2D eigenvalue weighted by Gasteiger charge is -2.22. The molecular weight excluding hydrogens is 192 g/mol. The molecule has 0 amide bonds. The van der Waals surface area contributed by atoms with E-state index in [2.05, 4.69) is 0 Å². The summed E-state index contributed by atoms with van der Waals surface area (Å²) in [6.45, 7) is 3.88. The van der Waals surface area contributed by atoms with Crippen molar-refractivity contribution >= 4 is 5.97 Å². The van der Waals surface area contributed by atoms with Crippen molar-refractivity contribution in [2.45, 2.75) is 58.7 Å². The molecule has 1 fully saturated rings. The highest BCUT2D eigenvalue weighted by Gasteiger charge is 2.13. The van der Waals surface area contributed by atoms with Gasteiger partial charge in [0, 0.05) is 6.92 Å². The van der Waals surface area contributed by atoms with Crippen LogP contribution in [-0.2, 0) is 14.3 Å². The second-order valence-electron chi connectivity index (χ2n) is 4.34. The van der Waals surface area contributed by atoms with Crippen LogP contribution in [0.3, 0.4) is 0 Å². The van der Waals surface area contributed by atoms with Gasteiger partial charge in [-0.25, -0.2) is 0 Å². The average Bonchev–Trinajstić information content (AvgIpc) is 2.18. The number of esters is 1. The molecule has 88 valence electrons. The fourth-order valence-corrected chi connectivity index (χ4v) is 2.14. The van der Waals surface area contributed by atoms with Crippen LogP contribution in [0.25, 0.3) is 0 Å². The first kappa shape index (κ1) is 12.5. The Balaban J connectivity index is 2.02. The fourth-order valence-electron chi connectivity index (χ4n) is 2.14. The molecule has 0 saturated heterocycles. The quantitative estimate of drug-likeness (QED) is 0.521. The molecule has 1 rings (SSSR count). The highest BCUT2D eigenvalue weighted by Crippen LogP contribution is 2.26. The van der Waals surface area contributed by atoms with Crippen molar-refractivity contribution in [2.75, 3.05) is 6.61 Å². The Kier molecular flexibility index (Phi) is 5.69. The van der Waals surface area contributed by atoms with Crippen LogP contribution in [0.5, 0.6) is 0 Å². The Morgan fingerprint density at radius 2 is 2.00 bits per heavy atom. The summed E-state index contributed by atoms with van der Waals surface area (Å²) >= 11 is 0. The predicted octanol–water partition coefficient (Wildman–Crippen LogP) is 2.88. The lowest BCUT2D eigenvalue weighted by molar-refractivity contribution is -0.172. The van der Waals surface area contributed by atoms with Crippen LogP contribution in [0.1, 0.15) is 52.4 Å². The monoisotopic (exact) mass is 214 g/mol. The molecular formula is C12H22O3. The molecule has 0 spiro atoms. The number of carbonyl (C=O) groups excluding carboxylic acids is 1. The van der Waals surface area contributed by atoms with E-state index in [4.69, 9.17) is 9.47 Å². The Labute approximate surface area is 92.1 Å². The van der Waals surface area contributed by atoms with Crippen molar-refractivity contribution in [2.24, 2.45) is 5.92 Å². The highest BCUT2D eigenvalue weighted by atomic mass is 16.7. The van der Waals surface area contributed by atoms with Gasteiger partial charge >= 0.3 is 5.97 Å². The molecule has 1 aliphatic carbocycles. The molecule has 0 radical (unpaired) electrons. The third-order valence-corrected chi connectivity index (χ3v) is 2.94. The lowest BCUT2D eigenvalue weighted by atomic mass is 9.87. The van der Waals surface area contributed by atoms with Gasteiger partial charge in [-0.05, 0) is 19.3 Å². The van der Waals surface area contributed by atoms with Gasteiger partial charge in [0.25, 0.3) is 0 Å². The van der Waals surface area contributed by atoms with Crippen LogP contribution in [0.15, 0.2) is 0 Å². The van der Waals surface area contributed by atoms with Gasteiger partial charge < -0.3 is 9.47 Å². The SMILES string of the molecule is CC(=O)OC(C)OCCC1CCCCC1. The van der Waals surface area contributed by atoms with Crippen molar-refractivity contribution in [3.63, 3.8) is 0 Å². The van der Waals surface area contributed by atoms with Gasteiger partial charge in [0.15, 0.2) is 6.29 Å². The summed E-state index contributed by atoms with van der Waals surface area (Å²) < 4.78 is 10.3. The number of hydrogen-bond acceptors (Lipinski definition) is 3. The van der Waals surface area contributed by atoms with E-state index in [0.29, 0.717) is 6.61 Å². The van der Waals surface area contributed by atoms with E-state index in [1.54, 1.807) is 6.92 Å². The standard InChI is InChI=1S/C12H22O3/c1-10(13)15-11(2)14-9-8-12-6-4-3-5-7-12/h11-12H,3-9H2,1-2H3. The minimum absolute atomic E-state index is 0.278. The molecule has 1 saturated carbocycles. The van der Waals surface area contributed by atoms with Crippen molar-refractivity contribution in [3.05, 3.63) is 0 Å². The minimum atomic E-state index is -0.397. The van der Waals surface area contributed by atoms with E-state index >= 15 is 0 Å². The van der Waals surface area contributed by atoms with Crippen molar-refractivity contribution in [1.82, 2.24) is 0 Å².